The van der Waals surface area contributed by atoms with Gasteiger partial charge < -0.3 is 9.47 Å². The second-order valence-electron chi connectivity index (χ2n) is 8.63. The molecule has 0 bridgehead atoms. The van der Waals surface area contributed by atoms with Crippen LogP contribution >= 0.6 is 27.5 Å². The highest BCUT2D eigenvalue weighted by Crippen LogP contribution is 2.39. The molecule has 1 aliphatic rings. The number of hydrogen-bond acceptors (Lipinski definition) is 5. The minimum atomic E-state index is -0.849. The number of amides is 4. The number of carbonyl (C=O) groups is 3. The number of barbiturate groups is 1. The summed E-state index contributed by atoms with van der Waals surface area (Å²) in [4.78, 5) is 39.3. The molecule has 0 saturated carbocycles. The van der Waals surface area contributed by atoms with E-state index in [4.69, 9.17) is 21.1 Å². The lowest BCUT2D eigenvalue weighted by atomic mass is 10.1. The molecule has 1 aliphatic heterocycles. The fourth-order valence-electron chi connectivity index (χ4n) is 4.32. The predicted octanol–water partition coefficient (Wildman–Crippen LogP) is 6.90. The number of anilines is 1. The number of nitrogens with one attached hydrogen (secondary N) is 1. The Morgan fingerprint density at radius 1 is 0.949 bits per heavy atom. The lowest BCUT2D eigenvalue weighted by molar-refractivity contribution is -0.122. The first-order valence-electron chi connectivity index (χ1n) is 12.1. The van der Waals surface area contributed by atoms with Crippen LogP contribution in [0, 0.1) is 0 Å². The lowest BCUT2D eigenvalue weighted by Gasteiger charge is -2.26. The van der Waals surface area contributed by atoms with Crippen LogP contribution < -0.4 is 19.7 Å². The second-order valence-corrected chi connectivity index (χ2v) is 9.92. The first kappa shape index (κ1) is 26.5. The Morgan fingerprint density at radius 2 is 1.72 bits per heavy atom. The van der Waals surface area contributed by atoms with Crippen molar-refractivity contribution in [1.82, 2.24) is 5.32 Å². The van der Waals surface area contributed by atoms with Gasteiger partial charge in [0.05, 0.1) is 16.8 Å². The number of rotatable bonds is 7. The van der Waals surface area contributed by atoms with E-state index in [9.17, 15) is 14.4 Å². The molecule has 39 heavy (non-hydrogen) atoms. The zero-order valence-corrected chi connectivity index (χ0v) is 23.1. The second kappa shape index (κ2) is 11.3. The topological polar surface area (TPSA) is 84.9 Å². The molecule has 4 amide bonds. The van der Waals surface area contributed by atoms with Crippen molar-refractivity contribution in [1.29, 1.82) is 0 Å². The third-order valence-electron chi connectivity index (χ3n) is 6.06. The van der Waals surface area contributed by atoms with E-state index in [2.05, 4.69) is 21.2 Å². The van der Waals surface area contributed by atoms with Crippen LogP contribution in [0.1, 0.15) is 18.1 Å². The molecule has 4 aromatic rings. The Labute approximate surface area is 238 Å². The van der Waals surface area contributed by atoms with Crippen molar-refractivity contribution >= 4 is 67.9 Å². The van der Waals surface area contributed by atoms with E-state index in [1.165, 1.54) is 12.1 Å². The minimum Gasteiger partial charge on any atom is -0.490 e. The zero-order valence-electron chi connectivity index (χ0n) is 20.7. The van der Waals surface area contributed by atoms with Crippen LogP contribution in [0.3, 0.4) is 0 Å². The van der Waals surface area contributed by atoms with Crippen molar-refractivity contribution < 1.29 is 23.9 Å². The van der Waals surface area contributed by atoms with Crippen LogP contribution in [0.2, 0.25) is 5.02 Å². The molecule has 0 unspecified atom stereocenters. The van der Waals surface area contributed by atoms with Gasteiger partial charge in [0.25, 0.3) is 11.8 Å². The Bertz CT molecular complexity index is 1650. The van der Waals surface area contributed by atoms with Gasteiger partial charge in [-0.05, 0) is 81.2 Å². The van der Waals surface area contributed by atoms with Crippen LogP contribution in [-0.2, 0) is 16.2 Å². The molecular formula is C30H22BrClN2O5. The molecule has 7 nitrogen and oxygen atoms in total. The number of hydrogen-bond donors (Lipinski definition) is 1. The number of halogens is 2. The van der Waals surface area contributed by atoms with E-state index in [1.54, 1.807) is 30.3 Å². The zero-order chi connectivity index (χ0) is 27.5. The molecule has 0 spiro atoms. The van der Waals surface area contributed by atoms with Gasteiger partial charge in [-0.3, -0.25) is 14.9 Å². The van der Waals surface area contributed by atoms with E-state index < -0.39 is 17.8 Å². The molecule has 0 aliphatic carbocycles. The maximum Gasteiger partial charge on any atom is 0.335 e. The molecule has 5 rings (SSSR count). The quantitative estimate of drug-likeness (QED) is 0.183. The van der Waals surface area contributed by atoms with Crippen LogP contribution in [0.5, 0.6) is 11.5 Å². The molecule has 196 valence electrons. The highest BCUT2D eigenvalue weighted by atomic mass is 79.9. The third kappa shape index (κ3) is 5.53. The fourth-order valence-corrected chi connectivity index (χ4v) is 5.08. The number of benzene rings is 4. The van der Waals surface area contributed by atoms with Gasteiger partial charge in [-0.15, -0.1) is 0 Å². The standard InChI is InChI=1S/C30H22BrClN2O5/c1-2-38-26-15-18(13-24-28(35)33-30(37)34(29(24)36)22-11-6-10-21(32)16-22)14-25(31)27(26)39-17-20-9-5-8-19-7-3-4-12-23(19)20/h3-16H,2,17H2,1H3,(H,33,35,37)/b24-13+. The van der Waals surface area contributed by atoms with Gasteiger partial charge in [0.15, 0.2) is 11.5 Å². The Morgan fingerprint density at radius 3 is 2.51 bits per heavy atom. The molecule has 0 aromatic heterocycles. The molecule has 1 heterocycles. The summed E-state index contributed by atoms with van der Waals surface area (Å²) in [7, 11) is 0. The van der Waals surface area contributed by atoms with Gasteiger partial charge in [0.2, 0.25) is 0 Å². The first-order chi connectivity index (χ1) is 18.9. The Hall–Kier alpha value is -4.14. The summed E-state index contributed by atoms with van der Waals surface area (Å²) >= 11 is 9.60. The van der Waals surface area contributed by atoms with Crippen LogP contribution in [-0.4, -0.2) is 24.5 Å². The molecule has 1 saturated heterocycles. The molecule has 4 aromatic carbocycles. The monoisotopic (exact) mass is 604 g/mol. The smallest absolute Gasteiger partial charge is 0.335 e. The van der Waals surface area contributed by atoms with E-state index >= 15 is 0 Å². The van der Waals surface area contributed by atoms with E-state index in [1.807, 2.05) is 49.4 Å². The summed E-state index contributed by atoms with van der Waals surface area (Å²) in [6.45, 7) is 2.52. The van der Waals surface area contributed by atoms with Crippen molar-refractivity contribution in [2.75, 3.05) is 11.5 Å². The number of fused-ring (bicyclic) bond motifs is 1. The number of carbonyl (C=O) groups excluding carboxylic acids is 3. The third-order valence-corrected chi connectivity index (χ3v) is 6.89. The van der Waals surface area contributed by atoms with Gasteiger partial charge in [-0.1, -0.05) is 60.1 Å². The van der Waals surface area contributed by atoms with Gasteiger partial charge in [0, 0.05) is 5.02 Å². The maximum atomic E-state index is 13.3. The van der Waals surface area contributed by atoms with E-state index in [0.29, 0.717) is 39.8 Å². The summed E-state index contributed by atoms with van der Waals surface area (Å²) in [5.41, 5.74) is 1.55. The molecule has 1 fully saturated rings. The molecule has 1 N–H and O–H groups in total. The van der Waals surface area contributed by atoms with Gasteiger partial charge in [0.1, 0.15) is 12.2 Å². The van der Waals surface area contributed by atoms with Gasteiger partial charge in [-0.25, -0.2) is 9.69 Å². The average molecular weight is 606 g/mol. The Balaban J connectivity index is 1.47. The number of ether oxygens (including phenoxy) is 2. The maximum absolute atomic E-state index is 13.3. The van der Waals surface area contributed by atoms with Crippen molar-refractivity contribution in [3.8, 4) is 11.5 Å². The SMILES string of the molecule is CCOc1cc(/C=C2\C(=O)NC(=O)N(c3cccc(Cl)c3)C2=O)cc(Br)c1OCc1cccc2ccccc12. The summed E-state index contributed by atoms with van der Waals surface area (Å²) < 4.78 is 12.6. The van der Waals surface area contributed by atoms with Crippen molar-refractivity contribution in [2.24, 2.45) is 0 Å². The molecular weight excluding hydrogens is 584 g/mol. The van der Waals surface area contributed by atoms with E-state index in [0.717, 1.165) is 21.2 Å². The number of nitrogens with zero attached hydrogens (tertiary/aromatic N) is 1. The van der Waals surface area contributed by atoms with Crippen LogP contribution in [0.4, 0.5) is 10.5 Å². The van der Waals surface area contributed by atoms with Crippen molar-refractivity contribution in [3.63, 3.8) is 0 Å². The Kier molecular flexibility index (Phi) is 7.67. The molecule has 0 radical (unpaired) electrons. The minimum absolute atomic E-state index is 0.214. The summed E-state index contributed by atoms with van der Waals surface area (Å²) in [5, 5.41) is 4.77. The van der Waals surface area contributed by atoms with Crippen molar-refractivity contribution in [3.05, 3.63) is 105 Å². The number of urea groups is 1. The van der Waals surface area contributed by atoms with Gasteiger partial charge >= 0.3 is 6.03 Å². The van der Waals surface area contributed by atoms with Crippen LogP contribution in [0.25, 0.3) is 16.8 Å². The normalized spacial score (nSPS) is 14.6. The predicted molar refractivity (Wildman–Crippen MR) is 154 cm³/mol. The summed E-state index contributed by atoms with van der Waals surface area (Å²) in [6.07, 6.45) is 1.41. The largest absolute Gasteiger partial charge is 0.490 e. The first-order valence-corrected chi connectivity index (χ1v) is 13.3. The summed E-state index contributed by atoms with van der Waals surface area (Å²) in [5.74, 6) is -0.641. The molecule has 9 heteroatoms. The van der Waals surface area contributed by atoms with Crippen LogP contribution in [0.15, 0.2) is 88.9 Å². The van der Waals surface area contributed by atoms with E-state index in [-0.39, 0.29) is 11.3 Å². The lowest BCUT2D eigenvalue weighted by Crippen LogP contribution is -2.54. The van der Waals surface area contributed by atoms with Gasteiger partial charge in [-0.2, -0.15) is 0 Å². The summed E-state index contributed by atoms with van der Waals surface area (Å²) in [6, 6.07) is 22.9. The highest BCUT2D eigenvalue weighted by Gasteiger charge is 2.37. The highest BCUT2D eigenvalue weighted by molar-refractivity contribution is 9.10. The number of imide groups is 2. The average Bonchev–Trinajstić information content (AvgIpc) is 2.91. The van der Waals surface area contributed by atoms with Crippen molar-refractivity contribution in [2.45, 2.75) is 13.5 Å². The fraction of sp³-hybridized carbons (Fsp3) is 0.100. The molecule has 0 atom stereocenters.